The van der Waals surface area contributed by atoms with Gasteiger partial charge in [0.15, 0.2) is 0 Å². The summed E-state index contributed by atoms with van der Waals surface area (Å²) in [6.45, 7) is 21.5. The predicted octanol–water partition coefficient (Wildman–Crippen LogP) is 11.8. The highest BCUT2D eigenvalue weighted by atomic mass is 28.3. The molecule has 4 aromatic rings. The summed E-state index contributed by atoms with van der Waals surface area (Å²) < 4.78 is 0. The van der Waals surface area contributed by atoms with Gasteiger partial charge in [0.2, 0.25) is 0 Å². The molecule has 1 heteroatoms. The Kier molecular flexibility index (Phi) is 7.33. The van der Waals surface area contributed by atoms with Crippen LogP contribution in [0.1, 0.15) is 98.7 Å². The van der Waals surface area contributed by atoms with E-state index in [2.05, 4.69) is 164 Å². The minimum absolute atomic E-state index is 0.0517. The number of hydrogen-bond donors (Lipinski definition) is 0. The molecule has 2 aliphatic carbocycles. The molecule has 1 unspecified atom stereocenters. The standard InChI is InChI=1S/C42H48Si/c1-41(2,3)31-21-23-34-36(25-31)37-27-32(42(4,5)6)26-35(30-20-22-33(24-30)43(7,8)9)39(37)40(34)38(28-16-12-10-13-17-28)29-18-14-11-15-19-29/h10-19,21-27,38,40H,20H2,1-9H3. The highest BCUT2D eigenvalue weighted by Crippen LogP contribution is 2.57. The van der Waals surface area contributed by atoms with E-state index in [1.54, 1.807) is 5.20 Å². The van der Waals surface area contributed by atoms with Crippen LogP contribution in [0.4, 0.5) is 0 Å². The first kappa shape index (κ1) is 29.6. The Morgan fingerprint density at radius 2 is 1.16 bits per heavy atom. The lowest BCUT2D eigenvalue weighted by Crippen LogP contribution is -2.21. The Balaban J connectivity index is 1.70. The molecule has 1 atom stereocenters. The van der Waals surface area contributed by atoms with Crippen molar-refractivity contribution in [2.75, 3.05) is 0 Å². The largest absolute Gasteiger partial charge is 0.0808 e. The van der Waals surface area contributed by atoms with E-state index in [1.807, 2.05) is 0 Å². The lowest BCUT2D eigenvalue weighted by atomic mass is 9.73. The van der Waals surface area contributed by atoms with E-state index in [-0.39, 0.29) is 22.7 Å². The molecular formula is C42H48Si. The Labute approximate surface area is 261 Å². The number of allylic oxidation sites excluding steroid dienone is 4. The number of rotatable bonds is 5. The minimum atomic E-state index is -1.43. The lowest BCUT2D eigenvalue weighted by Gasteiger charge is -2.30. The first-order valence-electron chi connectivity index (χ1n) is 16.1. The van der Waals surface area contributed by atoms with Crippen LogP contribution in [0.25, 0.3) is 16.7 Å². The van der Waals surface area contributed by atoms with Gasteiger partial charge in [0.1, 0.15) is 0 Å². The third kappa shape index (κ3) is 5.53. The maximum atomic E-state index is 2.56. The molecule has 0 spiro atoms. The average molecular weight is 581 g/mol. The summed E-state index contributed by atoms with van der Waals surface area (Å²) in [5, 5.41) is 1.59. The summed E-state index contributed by atoms with van der Waals surface area (Å²) in [4.78, 5) is 0. The second-order valence-electron chi connectivity index (χ2n) is 15.8. The number of fused-ring (bicyclic) bond motifs is 3. The molecule has 6 rings (SSSR count). The molecule has 43 heavy (non-hydrogen) atoms. The normalized spacial score (nSPS) is 16.7. The van der Waals surface area contributed by atoms with E-state index >= 15 is 0 Å². The summed E-state index contributed by atoms with van der Waals surface area (Å²) in [5.74, 6) is 0.443. The average Bonchev–Trinajstić information content (AvgIpc) is 3.57. The zero-order valence-corrected chi connectivity index (χ0v) is 28.7. The van der Waals surface area contributed by atoms with Gasteiger partial charge >= 0.3 is 0 Å². The molecule has 2 aliphatic rings. The summed E-state index contributed by atoms with van der Waals surface area (Å²) in [5.41, 5.74) is 14.5. The molecule has 220 valence electrons. The second kappa shape index (κ2) is 10.6. The van der Waals surface area contributed by atoms with Crippen molar-refractivity contribution in [3.8, 4) is 11.1 Å². The van der Waals surface area contributed by atoms with Gasteiger partial charge in [-0.3, -0.25) is 0 Å². The van der Waals surface area contributed by atoms with E-state index in [1.165, 1.54) is 55.6 Å². The first-order chi connectivity index (χ1) is 20.2. The van der Waals surface area contributed by atoms with Crippen molar-refractivity contribution in [3.63, 3.8) is 0 Å². The Morgan fingerprint density at radius 1 is 0.628 bits per heavy atom. The van der Waals surface area contributed by atoms with Crippen LogP contribution in [0.3, 0.4) is 0 Å². The molecule has 0 saturated carbocycles. The molecule has 0 heterocycles. The minimum Gasteiger partial charge on any atom is -0.0808 e. The van der Waals surface area contributed by atoms with E-state index in [0.717, 1.165) is 6.42 Å². The summed E-state index contributed by atoms with van der Waals surface area (Å²) >= 11 is 0. The van der Waals surface area contributed by atoms with Crippen LogP contribution >= 0.6 is 0 Å². The Bertz CT molecular complexity index is 1670. The van der Waals surface area contributed by atoms with Crippen LogP contribution in [-0.4, -0.2) is 8.07 Å². The van der Waals surface area contributed by atoms with Crippen molar-refractivity contribution < 1.29 is 0 Å². The molecule has 0 bridgehead atoms. The summed E-state index contributed by atoms with van der Waals surface area (Å²) in [6, 6.07) is 34.9. The Hall–Kier alpha value is -3.42. The number of hydrogen-bond acceptors (Lipinski definition) is 0. The molecule has 0 fully saturated rings. The molecule has 0 aliphatic heterocycles. The van der Waals surface area contributed by atoms with Crippen molar-refractivity contribution in [2.24, 2.45) is 0 Å². The highest BCUT2D eigenvalue weighted by molar-refractivity contribution is 6.84. The predicted molar refractivity (Wildman–Crippen MR) is 190 cm³/mol. The quantitative estimate of drug-likeness (QED) is 0.206. The third-order valence-corrected chi connectivity index (χ3v) is 11.7. The molecule has 4 aromatic carbocycles. The van der Waals surface area contributed by atoms with E-state index < -0.39 is 8.07 Å². The van der Waals surface area contributed by atoms with Gasteiger partial charge in [0, 0.05) is 11.8 Å². The van der Waals surface area contributed by atoms with Crippen molar-refractivity contribution >= 4 is 13.6 Å². The summed E-state index contributed by atoms with van der Waals surface area (Å²) in [7, 11) is -1.43. The fraction of sp³-hybridized carbons (Fsp3) is 0.333. The van der Waals surface area contributed by atoms with Crippen molar-refractivity contribution in [2.45, 2.75) is 90.3 Å². The SMILES string of the molecule is CC(C)(C)c1ccc2c(c1)-c1cc(C(C)(C)C)cc(C3=CC([Si](C)(C)C)=CC3)c1C2C(c1ccccc1)c1ccccc1. The monoisotopic (exact) mass is 580 g/mol. The van der Waals surface area contributed by atoms with Gasteiger partial charge in [-0.2, -0.15) is 0 Å². The molecule has 0 aromatic heterocycles. The number of benzene rings is 4. The Morgan fingerprint density at radius 3 is 1.67 bits per heavy atom. The lowest BCUT2D eigenvalue weighted by molar-refractivity contribution is 0.589. The van der Waals surface area contributed by atoms with Gasteiger partial charge in [-0.15, -0.1) is 0 Å². The van der Waals surface area contributed by atoms with Crippen molar-refractivity contribution in [1.29, 1.82) is 0 Å². The zero-order valence-electron chi connectivity index (χ0n) is 27.7. The molecule has 0 N–H and O–H groups in total. The van der Waals surface area contributed by atoms with Gasteiger partial charge < -0.3 is 0 Å². The van der Waals surface area contributed by atoms with Gasteiger partial charge in [0.25, 0.3) is 0 Å². The van der Waals surface area contributed by atoms with Crippen LogP contribution in [0.15, 0.2) is 108 Å². The van der Waals surface area contributed by atoms with E-state index in [0.29, 0.717) is 0 Å². The zero-order chi connectivity index (χ0) is 30.7. The van der Waals surface area contributed by atoms with E-state index in [9.17, 15) is 0 Å². The topological polar surface area (TPSA) is 0 Å². The first-order valence-corrected chi connectivity index (χ1v) is 19.6. The van der Waals surface area contributed by atoms with Crippen LogP contribution in [0.2, 0.25) is 19.6 Å². The van der Waals surface area contributed by atoms with E-state index in [4.69, 9.17) is 0 Å². The van der Waals surface area contributed by atoms with Crippen LogP contribution in [0, 0.1) is 0 Å². The maximum absolute atomic E-state index is 2.56. The molecule has 0 radical (unpaired) electrons. The second-order valence-corrected chi connectivity index (χ2v) is 20.9. The van der Waals surface area contributed by atoms with Crippen molar-refractivity contribution in [3.05, 3.63) is 147 Å². The van der Waals surface area contributed by atoms with Crippen LogP contribution in [0.5, 0.6) is 0 Å². The van der Waals surface area contributed by atoms with Crippen LogP contribution < -0.4 is 0 Å². The fourth-order valence-electron chi connectivity index (χ4n) is 7.07. The third-order valence-electron chi connectivity index (χ3n) is 9.64. The maximum Gasteiger partial charge on any atom is 0.0772 e. The van der Waals surface area contributed by atoms with Gasteiger partial charge in [-0.05, 0) is 72.9 Å². The summed E-state index contributed by atoms with van der Waals surface area (Å²) in [6.07, 6.45) is 6.12. The molecule has 0 saturated heterocycles. The smallest absolute Gasteiger partial charge is 0.0772 e. The highest BCUT2D eigenvalue weighted by Gasteiger charge is 2.40. The van der Waals surface area contributed by atoms with Gasteiger partial charge in [-0.1, -0.05) is 170 Å². The van der Waals surface area contributed by atoms with Crippen molar-refractivity contribution in [1.82, 2.24) is 0 Å². The fourth-order valence-corrected chi connectivity index (χ4v) is 8.39. The molecule has 0 amide bonds. The van der Waals surface area contributed by atoms with Gasteiger partial charge in [0.05, 0.1) is 8.07 Å². The molecular weight excluding hydrogens is 533 g/mol. The molecule has 0 nitrogen and oxygen atoms in total. The van der Waals surface area contributed by atoms with Crippen LogP contribution in [-0.2, 0) is 10.8 Å². The van der Waals surface area contributed by atoms with Gasteiger partial charge in [-0.25, -0.2) is 0 Å².